The first-order valence-corrected chi connectivity index (χ1v) is 7.31. The molecule has 4 heteroatoms. The van der Waals surface area contributed by atoms with Crippen LogP contribution in [0.1, 0.15) is 23.6 Å². The molecule has 0 saturated carbocycles. The molecule has 1 nitrogen and oxygen atoms in total. The molecule has 1 atom stereocenters. The van der Waals surface area contributed by atoms with Crippen LogP contribution in [0.25, 0.3) is 0 Å². The van der Waals surface area contributed by atoms with Crippen molar-refractivity contribution in [3.05, 3.63) is 62.8 Å². The van der Waals surface area contributed by atoms with E-state index in [1.807, 2.05) is 6.07 Å². The predicted molar refractivity (Wildman–Crippen MR) is 80.2 cm³/mol. The maximum Gasteiger partial charge on any atom is 0.124 e. The summed E-state index contributed by atoms with van der Waals surface area (Å²) in [5, 5.41) is 3.82. The third-order valence-electron chi connectivity index (χ3n) is 3.47. The van der Waals surface area contributed by atoms with Crippen molar-refractivity contribution >= 4 is 33.2 Å². The Hall–Kier alpha value is -1.06. The molecule has 0 aromatic heterocycles. The van der Waals surface area contributed by atoms with Crippen molar-refractivity contribution in [1.29, 1.82) is 0 Å². The highest BCUT2D eigenvalue weighted by molar-refractivity contribution is 9.10. The summed E-state index contributed by atoms with van der Waals surface area (Å²) >= 11 is 9.64. The average Bonchev–Trinajstić information content (AvgIpc) is 2.78. The largest absolute Gasteiger partial charge is 0.377 e. The van der Waals surface area contributed by atoms with Gasteiger partial charge in [-0.3, -0.25) is 0 Å². The van der Waals surface area contributed by atoms with Crippen molar-refractivity contribution in [3.8, 4) is 0 Å². The molecule has 0 spiro atoms. The van der Waals surface area contributed by atoms with E-state index in [9.17, 15) is 4.39 Å². The van der Waals surface area contributed by atoms with Crippen molar-refractivity contribution < 1.29 is 4.39 Å². The first kappa shape index (κ1) is 12.9. The SMILES string of the molecule is Fc1ccc(NC2CCc3c(Br)cccc32)c(Cl)c1. The van der Waals surface area contributed by atoms with Crippen LogP contribution in [-0.2, 0) is 6.42 Å². The Labute approximate surface area is 124 Å². The normalized spacial score (nSPS) is 17.3. The van der Waals surface area contributed by atoms with Crippen LogP contribution >= 0.6 is 27.5 Å². The van der Waals surface area contributed by atoms with E-state index in [0.29, 0.717) is 5.02 Å². The molecule has 1 unspecified atom stereocenters. The van der Waals surface area contributed by atoms with E-state index in [1.54, 1.807) is 6.07 Å². The van der Waals surface area contributed by atoms with Crippen LogP contribution < -0.4 is 5.32 Å². The zero-order valence-corrected chi connectivity index (χ0v) is 12.4. The van der Waals surface area contributed by atoms with Crippen LogP contribution in [0.15, 0.2) is 40.9 Å². The minimum atomic E-state index is -0.315. The second-order valence-corrected chi connectivity index (χ2v) is 5.93. The summed E-state index contributed by atoms with van der Waals surface area (Å²) in [6.45, 7) is 0. The summed E-state index contributed by atoms with van der Waals surface area (Å²) in [5.41, 5.74) is 3.41. The number of hydrogen-bond donors (Lipinski definition) is 1. The molecule has 1 N–H and O–H groups in total. The van der Waals surface area contributed by atoms with Gasteiger partial charge in [-0.15, -0.1) is 0 Å². The highest BCUT2D eigenvalue weighted by Crippen LogP contribution is 2.38. The minimum Gasteiger partial charge on any atom is -0.377 e. The summed E-state index contributed by atoms with van der Waals surface area (Å²) in [5.74, 6) is -0.315. The molecule has 19 heavy (non-hydrogen) atoms. The number of halogens is 3. The van der Waals surface area contributed by atoms with E-state index in [0.717, 1.165) is 23.0 Å². The molecule has 0 saturated heterocycles. The van der Waals surface area contributed by atoms with Crippen molar-refractivity contribution in [3.63, 3.8) is 0 Å². The molecule has 3 rings (SSSR count). The van der Waals surface area contributed by atoms with Gasteiger partial charge in [0.25, 0.3) is 0 Å². The molecular formula is C15H12BrClFN. The van der Waals surface area contributed by atoms with Gasteiger partial charge in [0, 0.05) is 4.47 Å². The standard InChI is InChI=1S/C15H12BrClFN/c16-12-3-1-2-11-10(12)5-7-14(11)19-15-6-4-9(18)8-13(15)17/h1-4,6,8,14,19H,5,7H2. The van der Waals surface area contributed by atoms with Crippen molar-refractivity contribution in [2.45, 2.75) is 18.9 Å². The summed E-state index contributed by atoms with van der Waals surface area (Å²) in [6.07, 6.45) is 2.05. The van der Waals surface area contributed by atoms with E-state index in [2.05, 4.69) is 33.4 Å². The Kier molecular flexibility index (Phi) is 3.50. The number of fused-ring (bicyclic) bond motifs is 1. The molecule has 0 bridgehead atoms. The Balaban J connectivity index is 1.89. The first-order chi connectivity index (χ1) is 9.15. The van der Waals surface area contributed by atoms with Gasteiger partial charge in [0.05, 0.1) is 16.8 Å². The third kappa shape index (κ3) is 2.49. The van der Waals surface area contributed by atoms with Gasteiger partial charge in [-0.2, -0.15) is 0 Å². The number of hydrogen-bond acceptors (Lipinski definition) is 1. The van der Waals surface area contributed by atoms with Gasteiger partial charge in [0.2, 0.25) is 0 Å². The second kappa shape index (κ2) is 5.14. The Morgan fingerprint density at radius 1 is 1.26 bits per heavy atom. The molecule has 1 aliphatic rings. The second-order valence-electron chi connectivity index (χ2n) is 4.67. The molecule has 1 aliphatic carbocycles. The fourth-order valence-electron chi connectivity index (χ4n) is 2.55. The molecule has 0 amide bonds. The predicted octanol–water partition coefficient (Wildman–Crippen LogP) is 5.34. The summed E-state index contributed by atoms with van der Waals surface area (Å²) in [7, 11) is 0. The lowest BCUT2D eigenvalue weighted by molar-refractivity contribution is 0.628. The zero-order valence-electron chi connectivity index (χ0n) is 10.1. The van der Waals surface area contributed by atoms with E-state index in [1.165, 1.54) is 23.3 Å². The minimum absolute atomic E-state index is 0.232. The van der Waals surface area contributed by atoms with Gasteiger partial charge >= 0.3 is 0 Å². The first-order valence-electron chi connectivity index (χ1n) is 6.14. The fraction of sp³-hybridized carbons (Fsp3) is 0.200. The number of anilines is 1. The number of benzene rings is 2. The highest BCUT2D eigenvalue weighted by atomic mass is 79.9. The maximum atomic E-state index is 13.0. The van der Waals surface area contributed by atoms with E-state index < -0.39 is 0 Å². The van der Waals surface area contributed by atoms with Crippen LogP contribution in [0.3, 0.4) is 0 Å². The third-order valence-corrected chi connectivity index (χ3v) is 4.53. The molecule has 0 heterocycles. The topological polar surface area (TPSA) is 12.0 Å². The van der Waals surface area contributed by atoms with Gasteiger partial charge in [-0.25, -0.2) is 4.39 Å². The summed E-state index contributed by atoms with van der Waals surface area (Å²) < 4.78 is 14.2. The molecule has 0 aliphatic heterocycles. The van der Waals surface area contributed by atoms with Crippen LogP contribution in [0, 0.1) is 5.82 Å². The molecule has 2 aromatic rings. The molecule has 98 valence electrons. The van der Waals surface area contributed by atoms with Gasteiger partial charge in [-0.1, -0.05) is 39.7 Å². The monoisotopic (exact) mass is 339 g/mol. The lowest BCUT2D eigenvalue weighted by Gasteiger charge is -2.16. The Morgan fingerprint density at radius 2 is 2.11 bits per heavy atom. The average molecular weight is 341 g/mol. The number of rotatable bonds is 2. The van der Waals surface area contributed by atoms with E-state index >= 15 is 0 Å². The van der Waals surface area contributed by atoms with Crippen LogP contribution in [0.2, 0.25) is 5.02 Å². The van der Waals surface area contributed by atoms with Crippen LogP contribution in [0.4, 0.5) is 10.1 Å². The lowest BCUT2D eigenvalue weighted by Crippen LogP contribution is -2.07. The Morgan fingerprint density at radius 3 is 2.89 bits per heavy atom. The van der Waals surface area contributed by atoms with Crippen LogP contribution in [0.5, 0.6) is 0 Å². The van der Waals surface area contributed by atoms with Crippen LogP contribution in [-0.4, -0.2) is 0 Å². The Bertz CT molecular complexity index is 630. The maximum absolute atomic E-state index is 13.0. The molecule has 0 fully saturated rings. The molecule has 2 aromatic carbocycles. The quantitative estimate of drug-likeness (QED) is 0.778. The van der Waals surface area contributed by atoms with E-state index in [-0.39, 0.29) is 11.9 Å². The zero-order chi connectivity index (χ0) is 13.4. The molecule has 0 radical (unpaired) electrons. The smallest absolute Gasteiger partial charge is 0.124 e. The van der Waals surface area contributed by atoms with Crippen molar-refractivity contribution in [2.24, 2.45) is 0 Å². The van der Waals surface area contributed by atoms with Gasteiger partial charge in [-0.05, 0) is 48.2 Å². The van der Waals surface area contributed by atoms with Crippen molar-refractivity contribution in [2.75, 3.05) is 5.32 Å². The van der Waals surface area contributed by atoms with Crippen molar-refractivity contribution in [1.82, 2.24) is 0 Å². The highest BCUT2D eigenvalue weighted by Gasteiger charge is 2.24. The van der Waals surface area contributed by atoms with Gasteiger partial charge in [0.1, 0.15) is 5.82 Å². The lowest BCUT2D eigenvalue weighted by atomic mass is 10.1. The fourth-order valence-corrected chi connectivity index (χ4v) is 3.36. The summed E-state index contributed by atoms with van der Waals surface area (Å²) in [6, 6.07) is 10.9. The summed E-state index contributed by atoms with van der Waals surface area (Å²) in [4.78, 5) is 0. The van der Waals surface area contributed by atoms with Gasteiger partial charge in [0.15, 0.2) is 0 Å². The van der Waals surface area contributed by atoms with E-state index in [4.69, 9.17) is 11.6 Å². The van der Waals surface area contributed by atoms with Gasteiger partial charge < -0.3 is 5.32 Å². The number of nitrogens with one attached hydrogen (secondary N) is 1. The molecular weight excluding hydrogens is 329 g/mol.